The SMILES string of the molecule is CCOc1cc(C(=O)NCCC(=O)NC2CCCCC2)cc(OCC)c1OCC. The Morgan fingerprint density at radius 2 is 1.52 bits per heavy atom. The zero-order chi connectivity index (χ0) is 21.1. The van der Waals surface area contributed by atoms with Crippen LogP contribution in [0.15, 0.2) is 12.1 Å². The van der Waals surface area contributed by atoms with Gasteiger partial charge < -0.3 is 24.8 Å². The average molecular weight is 407 g/mol. The van der Waals surface area contributed by atoms with Crippen molar-refractivity contribution in [1.82, 2.24) is 10.6 Å². The van der Waals surface area contributed by atoms with Gasteiger partial charge in [0.25, 0.3) is 5.91 Å². The highest BCUT2D eigenvalue weighted by molar-refractivity contribution is 5.95. The summed E-state index contributed by atoms with van der Waals surface area (Å²) in [5.74, 6) is 1.15. The van der Waals surface area contributed by atoms with Gasteiger partial charge in [-0.2, -0.15) is 0 Å². The first-order valence-corrected chi connectivity index (χ1v) is 10.7. The van der Waals surface area contributed by atoms with Crippen LogP contribution in [0, 0.1) is 0 Å². The molecule has 1 aliphatic carbocycles. The van der Waals surface area contributed by atoms with E-state index in [1.807, 2.05) is 20.8 Å². The summed E-state index contributed by atoms with van der Waals surface area (Å²) in [6, 6.07) is 3.57. The summed E-state index contributed by atoms with van der Waals surface area (Å²) in [4.78, 5) is 24.7. The highest BCUT2D eigenvalue weighted by Crippen LogP contribution is 2.39. The molecule has 2 rings (SSSR count). The Kier molecular flexibility index (Phi) is 9.60. The Labute approximate surface area is 173 Å². The Bertz CT molecular complexity index is 644. The molecule has 0 aromatic heterocycles. The van der Waals surface area contributed by atoms with Crippen molar-refractivity contribution in [3.8, 4) is 17.2 Å². The van der Waals surface area contributed by atoms with E-state index in [2.05, 4.69) is 10.6 Å². The molecule has 1 aromatic carbocycles. The largest absolute Gasteiger partial charge is 0.490 e. The van der Waals surface area contributed by atoms with Gasteiger partial charge in [-0.1, -0.05) is 19.3 Å². The molecular weight excluding hydrogens is 372 g/mol. The van der Waals surface area contributed by atoms with E-state index in [1.54, 1.807) is 12.1 Å². The van der Waals surface area contributed by atoms with Crippen LogP contribution in [-0.4, -0.2) is 44.2 Å². The third-order valence-corrected chi connectivity index (χ3v) is 4.78. The molecule has 29 heavy (non-hydrogen) atoms. The van der Waals surface area contributed by atoms with Gasteiger partial charge in [0.2, 0.25) is 11.7 Å². The van der Waals surface area contributed by atoms with E-state index in [-0.39, 0.29) is 30.8 Å². The fraction of sp³-hybridized carbons (Fsp3) is 0.636. The van der Waals surface area contributed by atoms with Crippen LogP contribution in [0.1, 0.15) is 69.7 Å². The van der Waals surface area contributed by atoms with Gasteiger partial charge in [-0.15, -0.1) is 0 Å². The number of hydrogen-bond acceptors (Lipinski definition) is 5. The van der Waals surface area contributed by atoms with Crippen LogP contribution in [0.5, 0.6) is 17.2 Å². The second kappa shape index (κ2) is 12.2. The van der Waals surface area contributed by atoms with Crippen molar-refractivity contribution in [2.24, 2.45) is 0 Å². The van der Waals surface area contributed by atoms with Crippen molar-refractivity contribution < 1.29 is 23.8 Å². The molecule has 2 amide bonds. The minimum absolute atomic E-state index is 0.0195. The monoisotopic (exact) mass is 406 g/mol. The Morgan fingerprint density at radius 3 is 2.07 bits per heavy atom. The first-order chi connectivity index (χ1) is 14.1. The summed E-state index contributed by atoms with van der Waals surface area (Å²) in [6.45, 7) is 7.24. The number of carbonyl (C=O) groups is 2. The predicted octanol–water partition coefficient (Wildman–Crippen LogP) is 3.45. The van der Waals surface area contributed by atoms with E-state index in [0.29, 0.717) is 42.6 Å². The first kappa shape index (κ1) is 22.8. The van der Waals surface area contributed by atoms with Crippen LogP contribution in [-0.2, 0) is 4.79 Å². The van der Waals surface area contributed by atoms with Crippen molar-refractivity contribution in [1.29, 1.82) is 0 Å². The number of nitrogens with one attached hydrogen (secondary N) is 2. The van der Waals surface area contributed by atoms with Crippen molar-refractivity contribution in [2.75, 3.05) is 26.4 Å². The standard InChI is InChI=1S/C22H34N2O5/c1-4-27-18-14-16(15-19(28-5-2)21(18)29-6-3)22(26)23-13-12-20(25)24-17-10-8-7-9-11-17/h14-15,17H,4-13H2,1-3H3,(H,23,26)(H,24,25). The highest BCUT2D eigenvalue weighted by atomic mass is 16.5. The van der Waals surface area contributed by atoms with Crippen LogP contribution < -0.4 is 24.8 Å². The maximum atomic E-state index is 12.6. The van der Waals surface area contributed by atoms with Gasteiger partial charge in [0.05, 0.1) is 19.8 Å². The maximum Gasteiger partial charge on any atom is 0.251 e. The molecule has 1 aromatic rings. The molecule has 0 unspecified atom stereocenters. The molecule has 0 spiro atoms. The number of rotatable bonds is 11. The van der Waals surface area contributed by atoms with Crippen LogP contribution in [0.3, 0.4) is 0 Å². The van der Waals surface area contributed by atoms with Gasteiger partial charge in [0.15, 0.2) is 11.5 Å². The summed E-state index contributed by atoms with van der Waals surface area (Å²) < 4.78 is 16.9. The molecule has 1 fully saturated rings. The number of carbonyl (C=O) groups excluding carboxylic acids is 2. The third-order valence-electron chi connectivity index (χ3n) is 4.78. The molecule has 7 nitrogen and oxygen atoms in total. The minimum Gasteiger partial charge on any atom is -0.490 e. The summed E-state index contributed by atoms with van der Waals surface area (Å²) in [6.07, 6.45) is 5.94. The van der Waals surface area contributed by atoms with E-state index >= 15 is 0 Å². The van der Waals surface area contributed by atoms with Crippen LogP contribution in [0.25, 0.3) is 0 Å². The van der Waals surface area contributed by atoms with Crippen molar-refractivity contribution in [3.63, 3.8) is 0 Å². The van der Waals surface area contributed by atoms with Crippen molar-refractivity contribution in [2.45, 2.75) is 65.3 Å². The topological polar surface area (TPSA) is 85.9 Å². The van der Waals surface area contributed by atoms with E-state index in [4.69, 9.17) is 14.2 Å². The molecule has 0 bridgehead atoms. The van der Waals surface area contributed by atoms with Gasteiger partial charge >= 0.3 is 0 Å². The normalized spacial score (nSPS) is 14.2. The van der Waals surface area contributed by atoms with Gasteiger partial charge in [-0.3, -0.25) is 9.59 Å². The molecular formula is C22H34N2O5. The number of ether oxygens (including phenoxy) is 3. The molecule has 162 valence electrons. The van der Waals surface area contributed by atoms with E-state index in [0.717, 1.165) is 12.8 Å². The Morgan fingerprint density at radius 1 is 0.931 bits per heavy atom. The fourth-order valence-electron chi connectivity index (χ4n) is 3.46. The van der Waals surface area contributed by atoms with E-state index < -0.39 is 0 Å². The van der Waals surface area contributed by atoms with E-state index in [9.17, 15) is 9.59 Å². The summed E-state index contributed by atoms with van der Waals surface area (Å²) in [5.41, 5.74) is 0.410. The smallest absolute Gasteiger partial charge is 0.251 e. The van der Waals surface area contributed by atoms with E-state index in [1.165, 1.54) is 19.3 Å². The first-order valence-electron chi connectivity index (χ1n) is 10.7. The molecule has 0 atom stereocenters. The quantitative estimate of drug-likeness (QED) is 0.588. The molecule has 0 heterocycles. The van der Waals surface area contributed by atoms with Gasteiger partial charge in [-0.25, -0.2) is 0 Å². The van der Waals surface area contributed by atoms with Crippen molar-refractivity contribution >= 4 is 11.8 Å². The van der Waals surface area contributed by atoms with Crippen LogP contribution in [0.2, 0.25) is 0 Å². The molecule has 7 heteroatoms. The Hall–Kier alpha value is -2.44. The van der Waals surface area contributed by atoms with Crippen LogP contribution >= 0.6 is 0 Å². The van der Waals surface area contributed by atoms with Crippen molar-refractivity contribution in [3.05, 3.63) is 17.7 Å². The van der Waals surface area contributed by atoms with Gasteiger partial charge in [0, 0.05) is 24.6 Å². The highest BCUT2D eigenvalue weighted by Gasteiger charge is 2.19. The molecule has 0 aliphatic heterocycles. The molecule has 1 aliphatic rings. The zero-order valence-electron chi connectivity index (χ0n) is 17.8. The zero-order valence-corrected chi connectivity index (χ0v) is 17.8. The predicted molar refractivity (Wildman–Crippen MR) is 112 cm³/mol. The molecule has 1 saturated carbocycles. The number of amides is 2. The summed E-state index contributed by atoms with van der Waals surface area (Å²) in [5, 5.41) is 5.86. The number of hydrogen-bond donors (Lipinski definition) is 2. The average Bonchev–Trinajstić information content (AvgIpc) is 2.71. The van der Waals surface area contributed by atoms with Crippen LogP contribution in [0.4, 0.5) is 0 Å². The van der Waals surface area contributed by atoms with Gasteiger partial charge in [0.1, 0.15) is 0 Å². The summed E-state index contributed by atoms with van der Waals surface area (Å²) >= 11 is 0. The minimum atomic E-state index is -0.277. The maximum absolute atomic E-state index is 12.6. The fourth-order valence-corrected chi connectivity index (χ4v) is 3.46. The lowest BCUT2D eigenvalue weighted by molar-refractivity contribution is -0.121. The Balaban J connectivity index is 1.96. The number of benzene rings is 1. The lowest BCUT2D eigenvalue weighted by atomic mass is 9.95. The lowest BCUT2D eigenvalue weighted by Crippen LogP contribution is -2.38. The van der Waals surface area contributed by atoms with Gasteiger partial charge in [-0.05, 0) is 45.7 Å². The molecule has 0 radical (unpaired) electrons. The molecule has 0 saturated heterocycles. The summed E-state index contributed by atoms with van der Waals surface area (Å²) in [7, 11) is 0. The third kappa shape index (κ3) is 7.15. The second-order valence-electron chi connectivity index (χ2n) is 7.01. The lowest BCUT2D eigenvalue weighted by Gasteiger charge is -2.22. The second-order valence-corrected chi connectivity index (χ2v) is 7.01. The molecule has 2 N–H and O–H groups in total.